The number of methoxy groups -OCH3 is 1. The Morgan fingerprint density at radius 3 is 2.28 bits per heavy atom. The van der Waals surface area contributed by atoms with E-state index < -0.39 is 10.0 Å². The van der Waals surface area contributed by atoms with E-state index in [1.54, 1.807) is 16.4 Å². The average molecular weight is 466 g/mol. The predicted octanol–water partition coefficient (Wildman–Crippen LogP) is 3.17. The third-order valence-electron chi connectivity index (χ3n) is 6.55. The van der Waals surface area contributed by atoms with E-state index >= 15 is 0 Å². The molecule has 0 aromatic heterocycles. The molecular formula is C24H39N3O4S. The molecule has 2 fully saturated rings. The van der Waals surface area contributed by atoms with Crippen molar-refractivity contribution < 1.29 is 17.9 Å². The first-order valence-electron chi connectivity index (χ1n) is 11.8. The van der Waals surface area contributed by atoms with Crippen molar-refractivity contribution in [1.29, 1.82) is 0 Å². The number of benzene rings is 1. The van der Waals surface area contributed by atoms with Crippen molar-refractivity contribution in [3.63, 3.8) is 0 Å². The highest BCUT2D eigenvalue weighted by Crippen LogP contribution is 2.32. The number of piperazine rings is 1. The van der Waals surface area contributed by atoms with Crippen LogP contribution in [0.5, 0.6) is 5.75 Å². The van der Waals surface area contributed by atoms with Crippen molar-refractivity contribution >= 4 is 15.9 Å². The second kappa shape index (κ2) is 10.5. The van der Waals surface area contributed by atoms with Crippen molar-refractivity contribution in [3.8, 4) is 5.75 Å². The minimum absolute atomic E-state index is 0.0859. The molecule has 180 valence electrons. The monoisotopic (exact) mass is 465 g/mol. The van der Waals surface area contributed by atoms with Gasteiger partial charge in [0.15, 0.2) is 0 Å². The van der Waals surface area contributed by atoms with Crippen LogP contribution in [-0.2, 0) is 10.0 Å². The summed E-state index contributed by atoms with van der Waals surface area (Å²) in [7, 11) is -2.29. The van der Waals surface area contributed by atoms with Gasteiger partial charge in [0.2, 0.25) is 10.0 Å². The number of nitrogens with zero attached hydrogens (tertiary/aromatic N) is 3. The molecule has 0 saturated carbocycles. The summed E-state index contributed by atoms with van der Waals surface area (Å²) in [4.78, 5) is 17.5. The molecule has 2 aliphatic rings. The van der Waals surface area contributed by atoms with Crippen LogP contribution in [0.25, 0.3) is 0 Å². The van der Waals surface area contributed by atoms with Gasteiger partial charge in [0.25, 0.3) is 5.91 Å². The average Bonchev–Trinajstić information content (AvgIpc) is 2.76. The highest BCUT2D eigenvalue weighted by Gasteiger charge is 2.34. The van der Waals surface area contributed by atoms with Crippen LogP contribution in [-0.4, -0.2) is 81.4 Å². The van der Waals surface area contributed by atoms with Crippen LogP contribution in [0.4, 0.5) is 0 Å². The number of sulfonamides is 1. The van der Waals surface area contributed by atoms with E-state index in [1.165, 1.54) is 13.2 Å². The van der Waals surface area contributed by atoms with Crippen LogP contribution in [0.3, 0.4) is 0 Å². The van der Waals surface area contributed by atoms with Gasteiger partial charge in [0, 0.05) is 44.8 Å². The quantitative estimate of drug-likeness (QED) is 0.619. The molecule has 1 aromatic carbocycles. The lowest BCUT2D eigenvalue weighted by molar-refractivity contribution is 0.0631. The minimum atomic E-state index is -3.75. The van der Waals surface area contributed by atoms with Gasteiger partial charge in [-0.05, 0) is 55.3 Å². The fraction of sp³-hybridized carbons (Fsp3) is 0.708. The summed E-state index contributed by atoms with van der Waals surface area (Å²) in [6, 6.07) is 4.79. The number of ether oxygens (including phenoxy) is 1. The van der Waals surface area contributed by atoms with Gasteiger partial charge in [0.05, 0.1) is 7.11 Å². The summed E-state index contributed by atoms with van der Waals surface area (Å²) in [6.07, 6.45) is 2.17. The zero-order chi connectivity index (χ0) is 23.5. The van der Waals surface area contributed by atoms with Gasteiger partial charge in [-0.2, -0.15) is 4.31 Å². The molecule has 8 heteroatoms. The van der Waals surface area contributed by atoms with Crippen LogP contribution in [0, 0.1) is 17.8 Å². The number of hydrogen-bond acceptors (Lipinski definition) is 5. The molecule has 0 bridgehead atoms. The van der Waals surface area contributed by atoms with Gasteiger partial charge >= 0.3 is 0 Å². The topological polar surface area (TPSA) is 70.2 Å². The van der Waals surface area contributed by atoms with Crippen molar-refractivity contribution in [1.82, 2.24) is 14.1 Å². The number of amides is 1. The second-order valence-electron chi connectivity index (χ2n) is 9.95. The number of hydrogen-bond donors (Lipinski definition) is 0. The molecule has 0 radical (unpaired) electrons. The normalized spacial score (nSPS) is 23.5. The molecule has 32 heavy (non-hydrogen) atoms. The van der Waals surface area contributed by atoms with Crippen molar-refractivity contribution in [2.45, 2.75) is 45.4 Å². The van der Waals surface area contributed by atoms with Crippen LogP contribution < -0.4 is 4.74 Å². The molecule has 2 aliphatic heterocycles. The van der Waals surface area contributed by atoms with E-state index in [9.17, 15) is 13.2 Å². The van der Waals surface area contributed by atoms with Gasteiger partial charge in [-0.25, -0.2) is 8.42 Å². The standard InChI is InChI=1S/C24H39N3O4S/c1-18(2)8-9-25-10-12-26(13-11-25)24(28)21-6-7-22(31-5)23(15-21)32(29,30)27-16-19(3)14-20(4)17-27/h6-7,15,18-20H,8-14,16-17H2,1-5H3. The van der Waals surface area contributed by atoms with Crippen molar-refractivity contribution in [2.75, 3.05) is 52.9 Å². The summed E-state index contributed by atoms with van der Waals surface area (Å²) in [5.74, 6) is 1.44. The first-order chi connectivity index (χ1) is 15.1. The summed E-state index contributed by atoms with van der Waals surface area (Å²) < 4.78 is 33.9. The molecule has 2 unspecified atom stereocenters. The van der Waals surface area contributed by atoms with Gasteiger partial charge in [0.1, 0.15) is 10.6 Å². The lowest BCUT2D eigenvalue weighted by atomic mass is 9.94. The smallest absolute Gasteiger partial charge is 0.253 e. The molecule has 0 N–H and O–H groups in total. The first-order valence-corrected chi connectivity index (χ1v) is 13.3. The molecule has 0 spiro atoms. The molecule has 2 atom stereocenters. The summed E-state index contributed by atoms with van der Waals surface area (Å²) in [5, 5.41) is 0. The molecule has 3 rings (SSSR count). The molecule has 1 amide bonds. The maximum absolute atomic E-state index is 13.5. The van der Waals surface area contributed by atoms with Gasteiger partial charge in [-0.1, -0.05) is 27.7 Å². The maximum atomic E-state index is 13.5. The fourth-order valence-corrected chi connectivity index (χ4v) is 6.61. The number of carbonyl (C=O) groups is 1. The second-order valence-corrected chi connectivity index (χ2v) is 11.9. The Morgan fingerprint density at radius 2 is 1.72 bits per heavy atom. The Bertz CT molecular complexity index is 885. The lowest BCUT2D eigenvalue weighted by Gasteiger charge is -2.35. The number of carbonyl (C=O) groups excluding carboxylic acids is 1. The summed E-state index contributed by atoms with van der Waals surface area (Å²) in [6.45, 7) is 13.7. The fourth-order valence-electron chi connectivity index (χ4n) is 4.75. The SMILES string of the molecule is COc1ccc(C(=O)N2CCN(CCC(C)C)CC2)cc1S(=O)(=O)N1CC(C)CC(C)C1. The molecular weight excluding hydrogens is 426 g/mol. The first kappa shape index (κ1) is 25.0. The Kier molecular flexibility index (Phi) is 8.22. The molecule has 1 aromatic rings. The highest BCUT2D eigenvalue weighted by molar-refractivity contribution is 7.89. The largest absolute Gasteiger partial charge is 0.495 e. The van der Waals surface area contributed by atoms with Crippen molar-refractivity contribution in [3.05, 3.63) is 23.8 Å². The third kappa shape index (κ3) is 5.83. The molecule has 2 heterocycles. The third-order valence-corrected chi connectivity index (χ3v) is 8.40. The molecule has 2 saturated heterocycles. The molecule has 7 nitrogen and oxygen atoms in total. The van der Waals surface area contributed by atoms with Crippen LogP contribution in [0.15, 0.2) is 23.1 Å². The van der Waals surface area contributed by atoms with Gasteiger partial charge in [-0.3, -0.25) is 9.69 Å². The van der Waals surface area contributed by atoms with E-state index in [0.29, 0.717) is 49.5 Å². The Morgan fingerprint density at radius 1 is 1.09 bits per heavy atom. The van der Waals surface area contributed by atoms with Crippen molar-refractivity contribution in [2.24, 2.45) is 17.8 Å². The minimum Gasteiger partial charge on any atom is -0.495 e. The maximum Gasteiger partial charge on any atom is 0.253 e. The molecule has 0 aliphatic carbocycles. The number of piperidine rings is 1. The van der Waals surface area contributed by atoms with Crippen LogP contribution in [0.1, 0.15) is 50.9 Å². The van der Waals surface area contributed by atoms with E-state index in [-0.39, 0.29) is 16.6 Å². The Hall–Kier alpha value is -1.64. The predicted molar refractivity (Wildman–Crippen MR) is 126 cm³/mol. The van der Waals surface area contributed by atoms with Crippen LogP contribution >= 0.6 is 0 Å². The zero-order valence-electron chi connectivity index (χ0n) is 20.2. The van der Waals surface area contributed by atoms with E-state index in [1.807, 2.05) is 4.90 Å². The summed E-state index contributed by atoms with van der Waals surface area (Å²) >= 11 is 0. The van der Waals surface area contributed by atoms with Gasteiger partial charge in [-0.15, -0.1) is 0 Å². The van der Waals surface area contributed by atoms with E-state index in [0.717, 1.165) is 32.5 Å². The number of rotatable bonds is 7. The lowest BCUT2D eigenvalue weighted by Crippen LogP contribution is -2.49. The summed E-state index contributed by atoms with van der Waals surface area (Å²) in [5.41, 5.74) is 0.401. The zero-order valence-corrected chi connectivity index (χ0v) is 21.0. The Labute approximate surface area is 193 Å². The van der Waals surface area contributed by atoms with Crippen LogP contribution in [0.2, 0.25) is 0 Å². The van der Waals surface area contributed by atoms with Gasteiger partial charge < -0.3 is 9.64 Å². The van der Waals surface area contributed by atoms with E-state index in [4.69, 9.17) is 4.74 Å². The highest BCUT2D eigenvalue weighted by atomic mass is 32.2. The Balaban J connectivity index is 1.77. The van der Waals surface area contributed by atoms with E-state index in [2.05, 4.69) is 32.6 Å².